The van der Waals surface area contributed by atoms with Gasteiger partial charge in [0, 0.05) is 22.7 Å². The van der Waals surface area contributed by atoms with Gasteiger partial charge in [0.15, 0.2) is 0 Å². The molecule has 0 radical (unpaired) electrons. The Kier molecular flexibility index (Phi) is 7.47. The van der Waals surface area contributed by atoms with Gasteiger partial charge in [-0.25, -0.2) is 0 Å². The highest BCUT2D eigenvalue weighted by Crippen LogP contribution is 2.25. The van der Waals surface area contributed by atoms with E-state index in [-0.39, 0.29) is 0 Å². The number of nitrogens with two attached hydrogens (primary N) is 1. The molecule has 3 heteroatoms. The topological polar surface area (TPSA) is 38.0 Å². The Hall–Kier alpha value is -0.540. The summed E-state index contributed by atoms with van der Waals surface area (Å²) >= 11 is 3.60. The van der Waals surface area contributed by atoms with E-state index in [1.54, 1.807) is 0 Å². The Morgan fingerprint density at radius 2 is 1.79 bits per heavy atom. The summed E-state index contributed by atoms with van der Waals surface area (Å²) in [5.74, 6) is 0. The molecule has 19 heavy (non-hydrogen) atoms. The molecule has 108 valence electrons. The third kappa shape index (κ3) is 5.53. The van der Waals surface area contributed by atoms with Crippen LogP contribution < -0.4 is 11.1 Å². The fraction of sp³-hybridized carbons (Fsp3) is 0.625. The SMILES string of the molecule is CCCCCCC(CN)Nc1cc(C)c(Br)c(C)c1. The average Bonchev–Trinajstić information content (AvgIpc) is 2.39. The number of anilines is 1. The van der Waals surface area contributed by atoms with E-state index in [9.17, 15) is 0 Å². The smallest absolute Gasteiger partial charge is 0.0383 e. The van der Waals surface area contributed by atoms with E-state index in [0.717, 1.165) is 6.42 Å². The maximum atomic E-state index is 5.87. The van der Waals surface area contributed by atoms with Gasteiger partial charge in [0.1, 0.15) is 0 Å². The van der Waals surface area contributed by atoms with Gasteiger partial charge < -0.3 is 11.1 Å². The van der Waals surface area contributed by atoms with E-state index in [2.05, 4.69) is 54.2 Å². The molecule has 2 nitrogen and oxygen atoms in total. The number of aryl methyl sites for hydroxylation is 2. The first-order valence-corrected chi connectivity index (χ1v) is 8.11. The summed E-state index contributed by atoms with van der Waals surface area (Å²) in [6.45, 7) is 7.19. The summed E-state index contributed by atoms with van der Waals surface area (Å²) in [5.41, 5.74) is 9.59. The van der Waals surface area contributed by atoms with Crippen LogP contribution in [0.1, 0.15) is 50.2 Å². The van der Waals surface area contributed by atoms with Gasteiger partial charge in [0.2, 0.25) is 0 Å². The number of hydrogen-bond acceptors (Lipinski definition) is 2. The lowest BCUT2D eigenvalue weighted by molar-refractivity contribution is 0.575. The predicted molar refractivity (Wildman–Crippen MR) is 88.8 cm³/mol. The lowest BCUT2D eigenvalue weighted by Gasteiger charge is -2.19. The highest BCUT2D eigenvalue weighted by atomic mass is 79.9. The lowest BCUT2D eigenvalue weighted by Crippen LogP contribution is -2.28. The highest BCUT2D eigenvalue weighted by molar-refractivity contribution is 9.10. The Bertz CT molecular complexity index is 367. The Labute approximate surface area is 126 Å². The molecule has 0 amide bonds. The molecule has 1 rings (SSSR count). The molecule has 1 atom stereocenters. The zero-order valence-electron chi connectivity index (χ0n) is 12.4. The molecule has 0 fully saturated rings. The molecule has 1 aromatic rings. The molecular weight excluding hydrogens is 300 g/mol. The molecule has 0 aliphatic heterocycles. The van der Waals surface area contributed by atoms with Crippen LogP contribution in [0.25, 0.3) is 0 Å². The summed E-state index contributed by atoms with van der Waals surface area (Å²) in [6, 6.07) is 4.76. The summed E-state index contributed by atoms with van der Waals surface area (Å²) in [4.78, 5) is 0. The number of benzene rings is 1. The van der Waals surface area contributed by atoms with E-state index in [0.29, 0.717) is 12.6 Å². The summed E-state index contributed by atoms with van der Waals surface area (Å²) in [7, 11) is 0. The fourth-order valence-electron chi connectivity index (χ4n) is 2.33. The Balaban J connectivity index is 2.55. The first-order valence-electron chi connectivity index (χ1n) is 7.31. The van der Waals surface area contributed by atoms with Crippen LogP contribution in [0.4, 0.5) is 5.69 Å². The van der Waals surface area contributed by atoms with E-state index in [4.69, 9.17) is 5.73 Å². The minimum atomic E-state index is 0.386. The van der Waals surface area contributed by atoms with Crippen LogP contribution in [-0.4, -0.2) is 12.6 Å². The monoisotopic (exact) mass is 326 g/mol. The Morgan fingerprint density at radius 3 is 2.32 bits per heavy atom. The average molecular weight is 327 g/mol. The molecule has 0 aliphatic rings. The van der Waals surface area contributed by atoms with E-state index >= 15 is 0 Å². The standard InChI is InChI=1S/C16H27BrN2/c1-4-5-6-7-8-14(11-18)19-15-9-12(2)16(17)13(3)10-15/h9-10,14,19H,4-8,11,18H2,1-3H3. The van der Waals surface area contributed by atoms with Crippen LogP contribution in [-0.2, 0) is 0 Å². The molecule has 0 spiro atoms. The van der Waals surface area contributed by atoms with Crippen molar-refractivity contribution < 1.29 is 0 Å². The molecule has 0 aromatic heterocycles. The van der Waals surface area contributed by atoms with E-state index in [1.807, 2.05) is 0 Å². The van der Waals surface area contributed by atoms with Gasteiger partial charge in [0.05, 0.1) is 0 Å². The minimum absolute atomic E-state index is 0.386. The normalized spacial score (nSPS) is 12.5. The van der Waals surface area contributed by atoms with Crippen molar-refractivity contribution in [3.05, 3.63) is 27.7 Å². The molecule has 3 N–H and O–H groups in total. The molecule has 1 aromatic carbocycles. The summed E-state index contributed by atoms with van der Waals surface area (Å²) < 4.78 is 1.20. The van der Waals surface area contributed by atoms with Crippen molar-refractivity contribution in [3.8, 4) is 0 Å². The van der Waals surface area contributed by atoms with Crippen LogP contribution >= 0.6 is 15.9 Å². The second-order valence-electron chi connectivity index (χ2n) is 5.35. The summed E-state index contributed by atoms with van der Waals surface area (Å²) in [6.07, 6.45) is 6.34. The van der Waals surface area contributed by atoms with Crippen molar-refractivity contribution in [1.82, 2.24) is 0 Å². The molecule has 0 saturated heterocycles. The number of nitrogens with one attached hydrogen (secondary N) is 1. The zero-order chi connectivity index (χ0) is 14.3. The van der Waals surface area contributed by atoms with Crippen molar-refractivity contribution in [1.29, 1.82) is 0 Å². The van der Waals surface area contributed by atoms with Gasteiger partial charge in [-0.15, -0.1) is 0 Å². The van der Waals surface area contributed by atoms with Crippen LogP contribution in [0.2, 0.25) is 0 Å². The minimum Gasteiger partial charge on any atom is -0.381 e. The van der Waals surface area contributed by atoms with E-state index < -0.39 is 0 Å². The van der Waals surface area contributed by atoms with Crippen LogP contribution in [0.5, 0.6) is 0 Å². The van der Waals surface area contributed by atoms with Gasteiger partial charge in [0.25, 0.3) is 0 Å². The first kappa shape index (κ1) is 16.5. The fourth-order valence-corrected chi connectivity index (χ4v) is 2.56. The lowest BCUT2D eigenvalue weighted by atomic mass is 10.1. The number of hydrogen-bond donors (Lipinski definition) is 2. The van der Waals surface area contributed by atoms with Crippen molar-refractivity contribution in [3.63, 3.8) is 0 Å². The summed E-state index contributed by atoms with van der Waals surface area (Å²) in [5, 5.41) is 3.57. The van der Waals surface area contributed by atoms with Gasteiger partial charge in [-0.1, -0.05) is 48.5 Å². The van der Waals surface area contributed by atoms with Gasteiger partial charge in [-0.05, 0) is 43.5 Å². The van der Waals surface area contributed by atoms with Gasteiger partial charge >= 0.3 is 0 Å². The molecule has 0 bridgehead atoms. The largest absolute Gasteiger partial charge is 0.381 e. The van der Waals surface area contributed by atoms with Crippen molar-refractivity contribution in [2.24, 2.45) is 5.73 Å². The maximum absolute atomic E-state index is 5.87. The zero-order valence-corrected chi connectivity index (χ0v) is 14.0. The third-order valence-corrected chi connectivity index (χ3v) is 4.75. The van der Waals surface area contributed by atoms with Gasteiger partial charge in [-0.3, -0.25) is 0 Å². The van der Waals surface area contributed by atoms with Crippen LogP contribution in [0.3, 0.4) is 0 Å². The molecule has 0 aliphatic carbocycles. The van der Waals surface area contributed by atoms with Crippen molar-refractivity contribution in [2.75, 3.05) is 11.9 Å². The molecule has 1 unspecified atom stereocenters. The Morgan fingerprint density at radius 1 is 1.16 bits per heavy atom. The maximum Gasteiger partial charge on any atom is 0.0383 e. The highest BCUT2D eigenvalue weighted by Gasteiger charge is 2.08. The molecular formula is C16H27BrN2. The molecule has 0 saturated carbocycles. The van der Waals surface area contributed by atoms with Gasteiger partial charge in [-0.2, -0.15) is 0 Å². The number of rotatable bonds is 8. The molecule has 0 heterocycles. The van der Waals surface area contributed by atoms with Crippen molar-refractivity contribution >= 4 is 21.6 Å². The number of halogens is 1. The second kappa shape index (κ2) is 8.60. The van der Waals surface area contributed by atoms with Crippen LogP contribution in [0, 0.1) is 13.8 Å². The van der Waals surface area contributed by atoms with Crippen LogP contribution in [0.15, 0.2) is 16.6 Å². The van der Waals surface area contributed by atoms with Crippen molar-refractivity contribution in [2.45, 2.75) is 58.9 Å². The quantitative estimate of drug-likeness (QED) is 0.675. The predicted octanol–water partition coefficient (Wildman–Crippen LogP) is 4.78. The third-order valence-electron chi connectivity index (χ3n) is 3.50. The second-order valence-corrected chi connectivity index (χ2v) is 6.14. The van der Waals surface area contributed by atoms with E-state index in [1.165, 1.54) is 47.0 Å². The number of unbranched alkanes of at least 4 members (excludes halogenated alkanes) is 3. The first-order chi connectivity index (χ1) is 9.08.